The number of likely N-dealkylation sites (N-methyl/N-ethyl adjacent to an activating group) is 1. The van der Waals surface area contributed by atoms with E-state index in [1.807, 2.05) is 44.9 Å². The Bertz CT molecular complexity index is 286. The van der Waals surface area contributed by atoms with Gasteiger partial charge >= 0.3 is 0 Å². The van der Waals surface area contributed by atoms with Gasteiger partial charge in [0.05, 0.1) is 5.69 Å². The van der Waals surface area contributed by atoms with E-state index in [1.165, 1.54) is 0 Å². The molecule has 1 rings (SSSR count). The Kier molecular flexibility index (Phi) is 3.06. The number of hydrogen-bond acceptors (Lipinski definition) is 4. The van der Waals surface area contributed by atoms with Gasteiger partial charge in [-0.3, -0.25) is 0 Å². The van der Waals surface area contributed by atoms with E-state index in [0.29, 0.717) is 0 Å². The molecule has 0 saturated heterocycles. The Morgan fingerprint density at radius 3 is 2.43 bits per heavy atom. The summed E-state index contributed by atoms with van der Waals surface area (Å²) >= 11 is 0. The van der Waals surface area contributed by atoms with Crippen molar-refractivity contribution in [2.24, 2.45) is 5.73 Å². The predicted molar refractivity (Wildman–Crippen MR) is 58.3 cm³/mol. The van der Waals surface area contributed by atoms with Crippen LogP contribution >= 0.6 is 0 Å². The van der Waals surface area contributed by atoms with Crippen molar-refractivity contribution < 1.29 is 0 Å². The van der Waals surface area contributed by atoms with Crippen LogP contribution in [0.1, 0.15) is 19.5 Å². The van der Waals surface area contributed by atoms with Gasteiger partial charge in [-0.05, 0) is 32.9 Å². The van der Waals surface area contributed by atoms with Gasteiger partial charge in [0.25, 0.3) is 0 Å². The summed E-state index contributed by atoms with van der Waals surface area (Å²) in [6.07, 6.45) is 0. The second kappa shape index (κ2) is 3.92. The number of hydrogen-bond donors (Lipinski definition) is 1. The molecule has 1 aromatic rings. The van der Waals surface area contributed by atoms with Crippen molar-refractivity contribution in [3.63, 3.8) is 0 Å². The fourth-order valence-corrected chi connectivity index (χ4v) is 1.29. The zero-order chi connectivity index (χ0) is 10.8. The maximum absolute atomic E-state index is 5.91. The van der Waals surface area contributed by atoms with Crippen LogP contribution in [0, 0.1) is 6.92 Å². The lowest BCUT2D eigenvalue weighted by Crippen LogP contribution is -2.44. The van der Waals surface area contributed by atoms with Crippen LogP contribution in [0.4, 0.5) is 5.82 Å². The van der Waals surface area contributed by atoms with Crippen molar-refractivity contribution in [1.29, 1.82) is 0 Å². The summed E-state index contributed by atoms with van der Waals surface area (Å²) in [5.74, 6) is 0.856. The number of aryl methyl sites for hydroxylation is 1. The molecule has 0 fully saturated rings. The van der Waals surface area contributed by atoms with Crippen LogP contribution in [0.15, 0.2) is 12.1 Å². The van der Waals surface area contributed by atoms with E-state index in [4.69, 9.17) is 5.73 Å². The highest BCUT2D eigenvalue weighted by atomic mass is 15.3. The monoisotopic (exact) mass is 194 g/mol. The smallest absolute Gasteiger partial charge is 0.151 e. The van der Waals surface area contributed by atoms with Crippen LogP contribution in [-0.4, -0.2) is 29.3 Å². The molecule has 0 saturated carbocycles. The van der Waals surface area contributed by atoms with Gasteiger partial charge in [0.1, 0.15) is 0 Å². The van der Waals surface area contributed by atoms with Gasteiger partial charge in [-0.1, -0.05) is 0 Å². The van der Waals surface area contributed by atoms with Crippen LogP contribution < -0.4 is 10.6 Å². The standard InChI is InChI=1S/C10H18N4/c1-8-5-6-9(13-12-8)14(4)7-10(2,3)11/h5-6H,7,11H2,1-4H3. The molecule has 0 radical (unpaired) electrons. The second-order valence-electron chi connectivity index (χ2n) is 4.38. The van der Waals surface area contributed by atoms with E-state index in [-0.39, 0.29) is 5.54 Å². The third-order valence-electron chi connectivity index (χ3n) is 1.82. The van der Waals surface area contributed by atoms with Crippen LogP contribution in [0.2, 0.25) is 0 Å². The van der Waals surface area contributed by atoms with E-state index in [1.54, 1.807) is 0 Å². The minimum atomic E-state index is -0.221. The fraction of sp³-hybridized carbons (Fsp3) is 0.600. The second-order valence-corrected chi connectivity index (χ2v) is 4.38. The maximum atomic E-state index is 5.91. The molecule has 0 unspecified atom stereocenters. The van der Waals surface area contributed by atoms with E-state index in [0.717, 1.165) is 18.1 Å². The number of anilines is 1. The Morgan fingerprint density at radius 1 is 1.36 bits per heavy atom. The molecule has 4 nitrogen and oxygen atoms in total. The minimum Gasteiger partial charge on any atom is -0.356 e. The SMILES string of the molecule is Cc1ccc(N(C)CC(C)(C)N)nn1. The van der Waals surface area contributed by atoms with Gasteiger partial charge in [0, 0.05) is 19.1 Å². The van der Waals surface area contributed by atoms with Crippen LogP contribution in [0.25, 0.3) is 0 Å². The maximum Gasteiger partial charge on any atom is 0.151 e. The van der Waals surface area contributed by atoms with Gasteiger partial charge in [-0.25, -0.2) is 0 Å². The third-order valence-corrected chi connectivity index (χ3v) is 1.82. The van der Waals surface area contributed by atoms with E-state index in [9.17, 15) is 0 Å². The highest BCUT2D eigenvalue weighted by Crippen LogP contribution is 2.10. The molecule has 78 valence electrons. The minimum absolute atomic E-state index is 0.221. The summed E-state index contributed by atoms with van der Waals surface area (Å²) in [5.41, 5.74) is 6.62. The molecule has 0 aliphatic heterocycles. The molecule has 4 heteroatoms. The molecule has 0 aliphatic carbocycles. The lowest BCUT2D eigenvalue weighted by atomic mass is 10.1. The normalized spacial score (nSPS) is 11.5. The van der Waals surface area contributed by atoms with Gasteiger partial charge in [-0.15, -0.1) is 5.10 Å². The van der Waals surface area contributed by atoms with Crippen LogP contribution in [0.3, 0.4) is 0 Å². The number of nitrogens with two attached hydrogens (primary N) is 1. The molecule has 2 N–H and O–H groups in total. The molecule has 14 heavy (non-hydrogen) atoms. The number of rotatable bonds is 3. The quantitative estimate of drug-likeness (QED) is 0.778. The Balaban J connectivity index is 2.70. The summed E-state index contributed by atoms with van der Waals surface area (Å²) in [4.78, 5) is 2.01. The zero-order valence-electron chi connectivity index (χ0n) is 9.28. The molecule has 1 aromatic heterocycles. The molecular weight excluding hydrogens is 176 g/mol. The average Bonchev–Trinajstić information content (AvgIpc) is 2.02. The highest BCUT2D eigenvalue weighted by molar-refractivity contribution is 5.36. The van der Waals surface area contributed by atoms with Crippen molar-refractivity contribution in [1.82, 2.24) is 10.2 Å². The Morgan fingerprint density at radius 2 is 2.00 bits per heavy atom. The molecule has 0 aromatic carbocycles. The third kappa shape index (κ3) is 3.30. The molecule has 0 spiro atoms. The Labute approximate surface area is 85.1 Å². The van der Waals surface area contributed by atoms with Gasteiger partial charge < -0.3 is 10.6 Å². The van der Waals surface area contributed by atoms with Crippen molar-refractivity contribution in [2.45, 2.75) is 26.3 Å². The van der Waals surface area contributed by atoms with E-state index in [2.05, 4.69) is 10.2 Å². The van der Waals surface area contributed by atoms with Crippen molar-refractivity contribution >= 4 is 5.82 Å². The summed E-state index contributed by atoms with van der Waals surface area (Å²) in [7, 11) is 1.97. The van der Waals surface area contributed by atoms with Crippen LogP contribution in [0.5, 0.6) is 0 Å². The summed E-state index contributed by atoms with van der Waals surface area (Å²) < 4.78 is 0. The molecule has 1 heterocycles. The first-order chi connectivity index (χ1) is 6.38. The molecular formula is C10H18N4. The highest BCUT2D eigenvalue weighted by Gasteiger charge is 2.14. The number of nitrogens with zero attached hydrogens (tertiary/aromatic N) is 3. The fourth-order valence-electron chi connectivity index (χ4n) is 1.29. The van der Waals surface area contributed by atoms with Gasteiger partial charge in [0.15, 0.2) is 5.82 Å². The van der Waals surface area contributed by atoms with Crippen molar-refractivity contribution in [3.8, 4) is 0 Å². The average molecular weight is 194 g/mol. The largest absolute Gasteiger partial charge is 0.356 e. The number of aromatic nitrogens is 2. The first-order valence-electron chi connectivity index (χ1n) is 4.69. The summed E-state index contributed by atoms with van der Waals surface area (Å²) in [6.45, 7) is 6.66. The van der Waals surface area contributed by atoms with Crippen molar-refractivity contribution in [2.75, 3.05) is 18.5 Å². The van der Waals surface area contributed by atoms with E-state index >= 15 is 0 Å². The molecule has 0 amide bonds. The summed E-state index contributed by atoms with van der Waals surface area (Å²) in [6, 6.07) is 3.90. The van der Waals surface area contributed by atoms with Crippen molar-refractivity contribution in [3.05, 3.63) is 17.8 Å². The Hall–Kier alpha value is -1.16. The first kappa shape index (κ1) is 10.9. The first-order valence-corrected chi connectivity index (χ1v) is 4.69. The van der Waals surface area contributed by atoms with E-state index < -0.39 is 0 Å². The lowest BCUT2D eigenvalue weighted by Gasteiger charge is -2.26. The zero-order valence-corrected chi connectivity index (χ0v) is 9.28. The summed E-state index contributed by atoms with van der Waals surface area (Å²) in [5, 5.41) is 8.08. The lowest BCUT2D eigenvalue weighted by molar-refractivity contribution is 0.516. The predicted octanol–water partition coefficient (Wildman–Crippen LogP) is 0.959. The molecule has 0 atom stereocenters. The molecule has 0 bridgehead atoms. The van der Waals surface area contributed by atoms with Gasteiger partial charge in [0.2, 0.25) is 0 Å². The topological polar surface area (TPSA) is 55.0 Å². The van der Waals surface area contributed by atoms with Crippen LogP contribution in [-0.2, 0) is 0 Å². The van der Waals surface area contributed by atoms with Gasteiger partial charge in [-0.2, -0.15) is 5.10 Å². The molecule has 0 aliphatic rings.